The van der Waals surface area contributed by atoms with Crippen LogP contribution in [0.3, 0.4) is 0 Å². The average Bonchev–Trinajstić information content (AvgIpc) is 2.93. The molecule has 1 atom stereocenters. The smallest absolute Gasteiger partial charge is 0.412 e. The third-order valence-corrected chi connectivity index (χ3v) is 8.33. The van der Waals surface area contributed by atoms with E-state index in [-0.39, 0.29) is 5.60 Å². The summed E-state index contributed by atoms with van der Waals surface area (Å²) in [6, 6.07) is 9.86. The number of amides is 1. The third-order valence-electron chi connectivity index (χ3n) is 8.33. The molecular weight excluding hydrogens is 506 g/mol. The van der Waals surface area contributed by atoms with Gasteiger partial charge in [-0.05, 0) is 129 Å². The average molecular weight is 558 g/mol. The Labute approximate surface area is 248 Å². The first-order valence-corrected chi connectivity index (χ1v) is 15.2. The Bertz CT molecular complexity index is 1280. The molecule has 0 saturated carbocycles. The van der Waals surface area contributed by atoms with Crippen LogP contribution in [0.15, 0.2) is 65.3 Å². The van der Waals surface area contributed by atoms with E-state index in [1.165, 1.54) is 16.7 Å². The molecule has 0 fully saturated rings. The Morgan fingerprint density at radius 3 is 2.20 bits per heavy atom. The van der Waals surface area contributed by atoms with Crippen LogP contribution in [-0.4, -0.2) is 11.7 Å². The van der Waals surface area contributed by atoms with Crippen molar-refractivity contribution < 1.29 is 14.3 Å². The van der Waals surface area contributed by atoms with Crippen molar-refractivity contribution in [3.05, 3.63) is 93.1 Å². The largest absolute Gasteiger partial charge is 0.487 e. The number of rotatable bonds is 12. The predicted molar refractivity (Wildman–Crippen MR) is 172 cm³/mol. The number of fused-ring (bicyclic) bond motifs is 1. The van der Waals surface area contributed by atoms with Crippen molar-refractivity contribution in [2.24, 2.45) is 0 Å². The first-order valence-electron chi connectivity index (χ1n) is 15.2. The molecule has 0 spiro atoms. The Hall–Kier alpha value is -3.27. The zero-order chi connectivity index (χ0) is 30.0. The highest BCUT2D eigenvalue weighted by atomic mass is 16.6. The topological polar surface area (TPSA) is 47.6 Å². The lowest BCUT2D eigenvalue weighted by molar-refractivity contribution is 0.0558. The molecule has 0 aliphatic carbocycles. The van der Waals surface area contributed by atoms with Crippen LogP contribution >= 0.6 is 0 Å². The monoisotopic (exact) mass is 557 g/mol. The van der Waals surface area contributed by atoms with E-state index >= 15 is 0 Å². The molecule has 222 valence electrons. The summed E-state index contributed by atoms with van der Waals surface area (Å²) in [5, 5.41) is 2.87. The number of hydrogen-bond acceptors (Lipinski definition) is 3. The minimum absolute atomic E-state index is 0.204. The molecular formula is C37H51NO3. The minimum atomic E-state index is -0.433. The van der Waals surface area contributed by atoms with Crippen molar-refractivity contribution in [2.75, 3.05) is 0 Å². The fourth-order valence-electron chi connectivity index (χ4n) is 5.47. The lowest BCUT2D eigenvalue weighted by Gasteiger charge is -2.38. The van der Waals surface area contributed by atoms with Gasteiger partial charge in [0, 0.05) is 12.1 Å². The number of benzene rings is 2. The first kappa shape index (κ1) is 32.2. The molecule has 3 rings (SSSR count). The van der Waals surface area contributed by atoms with E-state index in [2.05, 4.69) is 65.1 Å². The Morgan fingerprint density at radius 2 is 1.54 bits per heavy atom. The summed E-state index contributed by atoms with van der Waals surface area (Å²) in [5.74, 6) is 1.62. The van der Waals surface area contributed by atoms with Gasteiger partial charge in [-0.1, -0.05) is 65.3 Å². The Kier molecular flexibility index (Phi) is 11.9. The molecule has 41 heavy (non-hydrogen) atoms. The van der Waals surface area contributed by atoms with Gasteiger partial charge in [0.2, 0.25) is 0 Å². The molecule has 1 aliphatic heterocycles. The zero-order valence-corrected chi connectivity index (χ0v) is 26.7. The van der Waals surface area contributed by atoms with E-state index in [4.69, 9.17) is 9.47 Å². The molecule has 4 nitrogen and oxygen atoms in total. The molecule has 2 aromatic carbocycles. The van der Waals surface area contributed by atoms with E-state index in [0.29, 0.717) is 12.3 Å². The van der Waals surface area contributed by atoms with Gasteiger partial charge in [0.05, 0.1) is 0 Å². The number of carbonyl (C=O) groups is 1. The van der Waals surface area contributed by atoms with Crippen LogP contribution < -0.4 is 14.8 Å². The van der Waals surface area contributed by atoms with Crippen molar-refractivity contribution >= 4 is 6.09 Å². The molecule has 0 unspecified atom stereocenters. The Balaban J connectivity index is 1.56. The van der Waals surface area contributed by atoms with Crippen molar-refractivity contribution in [1.29, 1.82) is 0 Å². The fraction of sp³-hybridized carbons (Fsp3) is 0.486. The van der Waals surface area contributed by atoms with Gasteiger partial charge < -0.3 is 14.8 Å². The minimum Gasteiger partial charge on any atom is -0.487 e. The third kappa shape index (κ3) is 9.66. The van der Waals surface area contributed by atoms with E-state index < -0.39 is 6.09 Å². The van der Waals surface area contributed by atoms with E-state index in [9.17, 15) is 4.79 Å². The molecule has 1 aliphatic rings. The molecule has 2 aromatic rings. The van der Waals surface area contributed by atoms with Crippen LogP contribution in [0.2, 0.25) is 0 Å². The number of nitrogens with one attached hydrogen (secondary N) is 1. The zero-order valence-electron chi connectivity index (χ0n) is 26.7. The van der Waals surface area contributed by atoms with Crippen LogP contribution in [0, 0.1) is 20.8 Å². The maximum Gasteiger partial charge on any atom is 0.412 e. The van der Waals surface area contributed by atoms with Gasteiger partial charge in [-0.3, -0.25) is 0 Å². The maximum atomic E-state index is 12.6. The second kappa shape index (κ2) is 15.1. The van der Waals surface area contributed by atoms with E-state index in [1.807, 2.05) is 44.2 Å². The lowest BCUT2D eigenvalue weighted by Crippen LogP contribution is -2.37. The van der Waals surface area contributed by atoms with Crippen molar-refractivity contribution in [1.82, 2.24) is 5.32 Å². The second-order valence-electron chi connectivity index (χ2n) is 12.3. The number of ether oxygens (including phenoxy) is 2. The van der Waals surface area contributed by atoms with Gasteiger partial charge in [0.1, 0.15) is 17.1 Å². The number of allylic oxidation sites excluding steroid dienone is 6. The molecule has 0 aromatic heterocycles. The summed E-state index contributed by atoms with van der Waals surface area (Å²) < 4.78 is 12.6. The van der Waals surface area contributed by atoms with Gasteiger partial charge in [0.25, 0.3) is 0 Å². The van der Waals surface area contributed by atoms with Crippen LogP contribution in [0.1, 0.15) is 107 Å². The highest BCUT2D eigenvalue weighted by Gasteiger charge is 2.34. The van der Waals surface area contributed by atoms with Crippen molar-refractivity contribution in [3.8, 4) is 11.5 Å². The fourth-order valence-corrected chi connectivity index (χ4v) is 5.47. The van der Waals surface area contributed by atoms with Crippen molar-refractivity contribution in [3.63, 3.8) is 0 Å². The number of carbonyl (C=O) groups excluding carboxylic acids is 1. The van der Waals surface area contributed by atoms with E-state index in [0.717, 1.165) is 84.9 Å². The summed E-state index contributed by atoms with van der Waals surface area (Å²) in [7, 11) is 0. The SMILES string of the molecule is CC(C)=CCC/C(C)=C/CC/C(C)=C/CC[C@]1(C)CCc2c(C)c(OC(=O)NCc3ccccc3)c(C)c(C)c2O1. The highest BCUT2D eigenvalue weighted by Crippen LogP contribution is 2.45. The predicted octanol–water partition coefficient (Wildman–Crippen LogP) is 10.2. The molecule has 0 radical (unpaired) electrons. The summed E-state index contributed by atoms with van der Waals surface area (Å²) in [4.78, 5) is 12.6. The summed E-state index contributed by atoms with van der Waals surface area (Å²) >= 11 is 0. The van der Waals surface area contributed by atoms with Gasteiger partial charge in [-0.15, -0.1) is 0 Å². The van der Waals surface area contributed by atoms with E-state index in [1.54, 1.807) is 0 Å². The second-order valence-corrected chi connectivity index (χ2v) is 12.3. The highest BCUT2D eigenvalue weighted by molar-refractivity contribution is 5.73. The molecule has 4 heteroatoms. The van der Waals surface area contributed by atoms with Crippen LogP contribution in [-0.2, 0) is 13.0 Å². The standard InChI is InChI=1S/C37H51NO3/c1-26(2)15-12-16-27(3)17-13-18-28(4)19-14-23-37(8)24-22-33-31(7)34(29(5)30(6)35(33)41-37)40-36(39)38-25-32-20-10-9-11-21-32/h9-11,15,17,19-21H,12-14,16,18,22-25H2,1-8H3,(H,38,39)/b27-17+,28-19+/t37-/m1/s1. The van der Waals surface area contributed by atoms with Crippen LogP contribution in [0.5, 0.6) is 11.5 Å². The van der Waals surface area contributed by atoms with Crippen LogP contribution in [0.25, 0.3) is 0 Å². The summed E-state index contributed by atoms with van der Waals surface area (Å²) in [6.45, 7) is 17.6. The summed E-state index contributed by atoms with van der Waals surface area (Å²) in [6.07, 6.45) is 15.0. The molecule has 1 amide bonds. The molecule has 1 heterocycles. The molecule has 0 saturated heterocycles. The molecule has 1 N–H and O–H groups in total. The van der Waals surface area contributed by atoms with Gasteiger partial charge in [-0.2, -0.15) is 0 Å². The van der Waals surface area contributed by atoms with Gasteiger partial charge >= 0.3 is 6.09 Å². The van der Waals surface area contributed by atoms with Gasteiger partial charge in [0.15, 0.2) is 0 Å². The molecule has 0 bridgehead atoms. The first-order chi connectivity index (χ1) is 19.5. The maximum absolute atomic E-state index is 12.6. The quantitative estimate of drug-likeness (QED) is 0.264. The van der Waals surface area contributed by atoms with Crippen LogP contribution in [0.4, 0.5) is 4.79 Å². The lowest BCUT2D eigenvalue weighted by atomic mass is 9.85. The Morgan fingerprint density at radius 1 is 0.902 bits per heavy atom. The summed E-state index contributed by atoms with van der Waals surface area (Å²) in [5.41, 5.74) is 9.34. The number of hydrogen-bond donors (Lipinski definition) is 1. The van der Waals surface area contributed by atoms with Crippen molar-refractivity contribution in [2.45, 2.75) is 119 Å². The van der Waals surface area contributed by atoms with Gasteiger partial charge in [-0.25, -0.2) is 4.79 Å². The normalized spacial score (nSPS) is 17.0.